The molecule has 0 radical (unpaired) electrons. The Bertz CT molecular complexity index is 847. The Morgan fingerprint density at radius 1 is 1.26 bits per heavy atom. The lowest BCUT2D eigenvalue weighted by Crippen LogP contribution is -2.26. The number of carbonyl (C=O) groups is 1. The summed E-state index contributed by atoms with van der Waals surface area (Å²) in [6.45, 7) is 1.21. The van der Waals surface area contributed by atoms with Gasteiger partial charge < -0.3 is 9.88 Å². The van der Waals surface area contributed by atoms with Crippen LogP contribution in [0.25, 0.3) is 11.0 Å². The number of aromatic nitrogens is 2. The topological polar surface area (TPSA) is 46.9 Å². The zero-order valence-electron chi connectivity index (χ0n) is 12.3. The van der Waals surface area contributed by atoms with Crippen molar-refractivity contribution in [2.45, 2.75) is 13.0 Å². The van der Waals surface area contributed by atoms with Gasteiger partial charge in [-0.1, -0.05) is 28.1 Å². The van der Waals surface area contributed by atoms with Gasteiger partial charge in [0.15, 0.2) is 0 Å². The SMILES string of the molecule is O=C(NCCCn1cnc2ccccc21)c1ccc(Br)cc1F. The number of hydrogen-bond donors (Lipinski definition) is 1. The van der Waals surface area contributed by atoms with Crippen LogP contribution in [0.1, 0.15) is 16.8 Å². The lowest BCUT2D eigenvalue weighted by Gasteiger charge is -2.07. The van der Waals surface area contributed by atoms with Gasteiger partial charge >= 0.3 is 0 Å². The maximum absolute atomic E-state index is 13.7. The summed E-state index contributed by atoms with van der Waals surface area (Å²) in [5, 5.41) is 2.74. The molecule has 118 valence electrons. The number of nitrogens with one attached hydrogen (secondary N) is 1. The molecule has 0 atom stereocenters. The number of fused-ring (bicyclic) bond motifs is 1. The van der Waals surface area contributed by atoms with Crippen molar-refractivity contribution < 1.29 is 9.18 Å². The standard InChI is InChI=1S/C17H15BrFN3O/c18-12-6-7-13(14(19)10-12)17(23)20-8-3-9-22-11-21-15-4-1-2-5-16(15)22/h1-2,4-7,10-11H,3,8-9H2,(H,20,23). The van der Waals surface area contributed by atoms with Gasteiger partial charge in [-0.05, 0) is 36.8 Å². The average Bonchev–Trinajstić information content (AvgIpc) is 2.94. The Balaban J connectivity index is 1.54. The number of hydrogen-bond acceptors (Lipinski definition) is 2. The van der Waals surface area contributed by atoms with Crippen LogP contribution < -0.4 is 5.32 Å². The van der Waals surface area contributed by atoms with Crippen LogP contribution >= 0.6 is 15.9 Å². The van der Waals surface area contributed by atoms with E-state index in [1.54, 1.807) is 12.4 Å². The van der Waals surface area contributed by atoms with Crippen molar-refractivity contribution in [2.75, 3.05) is 6.54 Å². The minimum atomic E-state index is -0.530. The molecule has 0 saturated heterocycles. The van der Waals surface area contributed by atoms with Crippen LogP contribution in [0.4, 0.5) is 4.39 Å². The second-order valence-electron chi connectivity index (χ2n) is 5.16. The van der Waals surface area contributed by atoms with Crippen LogP contribution in [0.15, 0.2) is 53.3 Å². The lowest BCUT2D eigenvalue weighted by molar-refractivity contribution is 0.0948. The molecule has 23 heavy (non-hydrogen) atoms. The summed E-state index contributed by atoms with van der Waals surface area (Å²) in [6.07, 6.45) is 2.53. The number of aryl methyl sites for hydroxylation is 1. The molecule has 2 aromatic carbocycles. The molecule has 0 saturated carbocycles. The van der Waals surface area contributed by atoms with Crippen molar-refractivity contribution in [1.82, 2.24) is 14.9 Å². The molecule has 0 spiro atoms. The maximum atomic E-state index is 13.7. The zero-order valence-corrected chi connectivity index (χ0v) is 13.9. The van der Waals surface area contributed by atoms with Crippen LogP contribution in [-0.4, -0.2) is 22.0 Å². The van der Waals surface area contributed by atoms with E-state index in [-0.39, 0.29) is 5.56 Å². The summed E-state index contributed by atoms with van der Waals surface area (Å²) in [6, 6.07) is 12.3. The molecule has 0 bridgehead atoms. The maximum Gasteiger partial charge on any atom is 0.254 e. The Morgan fingerprint density at radius 3 is 2.91 bits per heavy atom. The average molecular weight is 376 g/mol. The van der Waals surface area contributed by atoms with Gasteiger partial charge in [0.05, 0.1) is 22.9 Å². The Hall–Kier alpha value is -2.21. The van der Waals surface area contributed by atoms with Gasteiger partial charge in [0.25, 0.3) is 5.91 Å². The molecule has 1 heterocycles. The van der Waals surface area contributed by atoms with Crippen molar-refractivity contribution in [3.63, 3.8) is 0 Å². The monoisotopic (exact) mass is 375 g/mol. The molecule has 6 heteroatoms. The second kappa shape index (κ2) is 6.91. The highest BCUT2D eigenvalue weighted by Gasteiger charge is 2.11. The predicted molar refractivity (Wildman–Crippen MR) is 90.8 cm³/mol. The quantitative estimate of drug-likeness (QED) is 0.690. The van der Waals surface area contributed by atoms with Gasteiger partial charge in [-0.3, -0.25) is 4.79 Å². The Kier molecular flexibility index (Phi) is 4.71. The molecule has 3 aromatic rings. The highest BCUT2D eigenvalue weighted by atomic mass is 79.9. The molecule has 1 N–H and O–H groups in total. The molecule has 1 amide bonds. The van der Waals surface area contributed by atoms with Gasteiger partial charge in [0.2, 0.25) is 0 Å². The third kappa shape index (κ3) is 3.59. The van der Waals surface area contributed by atoms with Gasteiger partial charge in [0.1, 0.15) is 5.82 Å². The van der Waals surface area contributed by atoms with E-state index in [0.29, 0.717) is 11.0 Å². The largest absolute Gasteiger partial charge is 0.352 e. The summed E-state index contributed by atoms with van der Waals surface area (Å²) >= 11 is 3.17. The van der Waals surface area contributed by atoms with Gasteiger partial charge in [-0.25, -0.2) is 9.37 Å². The smallest absolute Gasteiger partial charge is 0.254 e. The summed E-state index contributed by atoms with van der Waals surface area (Å²) in [7, 11) is 0. The van der Waals surface area contributed by atoms with Gasteiger partial charge in [0, 0.05) is 17.6 Å². The van der Waals surface area contributed by atoms with Crippen LogP contribution in [0.3, 0.4) is 0 Å². The van der Waals surface area contributed by atoms with E-state index in [4.69, 9.17) is 0 Å². The van der Waals surface area contributed by atoms with E-state index in [0.717, 1.165) is 24.0 Å². The van der Waals surface area contributed by atoms with Crippen LogP contribution in [0.2, 0.25) is 0 Å². The molecule has 0 aliphatic carbocycles. The van der Waals surface area contributed by atoms with Crippen LogP contribution in [-0.2, 0) is 6.54 Å². The highest BCUT2D eigenvalue weighted by molar-refractivity contribution is 9.10. The molecule has 0 aliphatic rings. The molecular formula is C17H15BrFN3O. The minimum Gasteiger partial charge on any atom is -0.352 e. The second-order valence-corrected chi connectivity index (χ2v) is 6.08. The van der Waals surface area contributed by atoms with Crippen molar-refractivity contribution in [3.8, 4) is 0 Å². The normalized spacial score (nSPS) is 10.9. The summed E-state index contributed by atoms with van der Waals surface area (Å²) in [5.41, 5.74) is 2.08. The fraction of sp³-hybridized carbons (Fsp3) is 0.176. The molecule has 3 rings (SSSR count). The van der Waals surface area contributed by atoms with Gasteiger partial charge in [-0.2, -0.15) is 0 Å². The fourth-order valence-corrected chi connectivity index (χ4v) is 2.74. The fourth-order valence-electron chi connectivity index (χ4n) is 2.41. The van der Waals surface area contributed by atoms with Crippen molar-refractivity contribution in [1.29, 1.82) is 0 Å². The number of imidazole rings is 1. The number of carbonyl (C=O) groups excluding carboxylic acids is 1. The zero-order chi connectivity index (χ0) is 16.2. The Labute approximate surface area is 141 Å². The number of amides is 1. The number of benzene rings is 2. The minimum absolute atomic E-state index is 0.0567. The van der Waals surface area contributed by atoms with Crippen LogP contribution in [0.5, 0.6) is 0 Å². The van der Waals surface area contributed by atoms with E-state index in [9.17, 15) is 9.18 Å². The van der Waals surface area contributed by atoms with E-state index in [2.05, 4.69) is 26.2 Å². The summed E-state index contributed by atoms with van der Waals surface area (Å²) in [4.78, 5) is 16.3. The predicted octanol–water partition coefficient (Wildman–Crippen LogP) is 3.76. The van der Waals surface area contributed by atoms with Gasteiger partial charge in [-0.15, -0.1) is 0 Å². The Morgan fingerprint density at radius 2 is 2.09 bits per heavy atom. The third-order valence-corrected chi connectivity index (χ3v) is 4.06. The molecule has 0 aliphatic heterocycles. The number of para-hydroxylation sites is 2. The number of halogens is 2. The van der Waals surface area contributed by atoms with Crippen LogP contribution in [0, 0.1) is 5.82 Å². The summed E-state index contributed by atoms with van der Waals surface area (Å²) < 4.78 is 16.4. The van der Waals surface area contributed by atoms with Crippen molar-refractivity contribution >= 4 is 32.9 Å². The molecule has 1 aromatic heterocycles. The molecular weight excluding hydrogens is 361 g/mol. The molecule has 4 nitrogen and oxygen atoms in total. The highest BCUT2D eigenvalue weighted by Crippen LogP contribution is 2.15. The lowest BCUT2D eigenvalue weighted by atomic mass is 10.2. The number of rotatable bonds is 5. The first-order valence-corrected chi connectivity index (χ1v) is 8.07. The van der Waals surface area contributed by atoms with E-state index < -0.39 is 11.7 Å². The van der Waals surface area contributed by atoms with Crippen molar-refractivity contribution in [3.05, 3.63) is 64.6 Å². The summed E-state index contributed by atoms with van der Waals surface area (Å²) in [5.74, 6) is -0.928. The molecule has 0 unspecified atom stereocenters. The first-order valence-electron chi connectivity index (χ1n) is 7.28. The third-order valence-electron chi connectivity index (χ3n) is 3.56. The first-order chi connectivity index (χ1) is 11.1. The van der Waals surface area contributed by atoms with E-state index in [1.165, 1.54) is 12.1 Å². The molecule has 0 fully saturated rings. The van der Waals surface area contributed by atoms with E-state index >= 15 is 0 Å². The number of nitrogens with zero attached hydrogens (tertiary/aromatic N) is 2. The van der Waals surface area contributed by atoms with Crippen molar-refractivity contribution in [2.24, 2.45) is 0 Å². The van der Waals surface area contributed by atoms with E-state index in [1.807, 2.05) is 28.8 Å². The first kappa shape index (κ1) is 15.7.